The summed E-state index contributed by atoms with van der Waals surface area (Å²) in [7, 11) is 0. The number of amides is 1. The summed E-state index contributed by atoms with van der Waals surface area (Å²) < 4.78 is 0. The van der Waals surface area contributed by atoms with E-state index in [0.29, 0.717) is 23.1 Å². The van der Waals surface area contributed by atoms with Crippen molar-refractivity contribution in [1.29, 1.82) is 0 Å². The Morgan fingerprint density at radius 2 is 1.96 bits per heavy atom. The van der Waals surface area contributed by atoms with E-state index in [1.807, 2.05) is 4.90 Å². The summed E-state index contributed by atoms with van der Waals surface area (Å²) in [5.41, 5.74) is 1.26. The average Bonchev–Trinajstić information content (AvgIpc) is 2.63. The van der Waals surface area contributed by atoms with E-state index in [9.17, 15) is 15.0 Å². The number of aliphatic hydroxyl groups is 1. The zero-order chi connectivity index (χ0) is 17.1. The zero-order valence-electron chi connectivity index (χ0n) is 14.4. The molecule has 0 saturated carbocycles. The molecule has 1 amide bonds. The van der Waals surface area contributed by atoms with E-state index in [1.54, 1.807) is 25.1 Å². The van der Waals surface area contributed by atoms with Crippen LogP contribution in [0, 0.1) is 12.8 Å². The fourth-order valence-electron chi connectivity index (χ4n) is 4.04. The Labute approximate surface area is 143 Å². The zero-order valence-corrected chi connectivity index (χ0v) is 14.4. The van der Waals surface area contributed by atoms with Crippen molar-refractivity contribution in [3.63, 3.8) is 0 Å². The number of nitrogens with zero attached hydrogens (tertiary/aromatic N) is 2. The van der Waals surface area contributed by atoms with Crippen molar-refractivity contribution in [2.45, 2.75) is 38.6 Å². The second-order valence-corrected chi connectivity index (χ2v) is 7.16. The molecule has 0 spiro atoms. The highest BCUT2D eigenvalue weighted by atomic mass is 16.3. The number of phenols is 1. The van der Waals surface area contributed by atoms with Gasteiger partial charge in [0.1, 0.15) is 5.75 Å². The molecule has 0 aliphatic carbocycles. The third kappa shape index (κ3) is 3.57. The molecule has 0 aromatic heterocycles. The van der Waals surface area contributed by atoms with Crippen molar-refractivity contribution in [3.8, 4) is 5.75 Å². The number of carbonyl (C=O) groups is 1. The first-order valence-electron chi connectivity index (χ1n) is 9.03. The molecule has 0 bridgehead atoms. The van der Waals surface area contributed by atoms with Gasteiger partial charge in [0.2, 0.25) is 0 Å². The van der Waals surface area contributed by atoms with Crippen molar-refractivity contribution in [2.75, 3.05) is 32.8 Å². The fraction of sp³-hybridized carbons (Fsp3) is 0.632. The first-order chi connectivity index (χ1) is 11.6. The molecule has 1 atom stereocenters. The number of aromatic hydroxyl groups is 1. The minimum Gasteiger partial charge on any atom is -0.508 e. The molecule has 2 N–H and O–H groups in total. The first-order valence-corrected chi connectivity index (χ1v) is 9.03. The summed E-state index contributed by atoms with van der Waals surface area (Å²) in [6.07, 6.45) is 4.26. The van der Waals surface area contributed by atoms with E-state index >= 15 is 0 Å². The maximum atomic E-state index is 12.7. The Balaban J connectivity index is 1.58. The maximum Gasteiger partial charge on any atom is 0.254 e. The van der Waals surface area contributed by atoms with Crippen molar-refractivity contribution >= 4 is 5.91 Å². The summed E-state index contributed by atoms with van der Waals surface area (Å²) in [6.45, 7) is 5.70. The number of carbonyl (C=O) groups excluding carboxylic acids is 1. The van der Waals surface area contributed by atoms with Crippen LogP contribution in [-0.4, -0.2) is 64.7 Å². The Morgan fingerprint density at radius 1 is 1.21 bits per heavy atom. The second kappa shape index (κ2) is 7.53. The van der Waals surface area contributed by atoms with Crippen LogP contribution in [0.5, 0.6) is 5.75 Å². The van der Waals surface area contributed by atoms with Gasteiger partial charge < -0.3 is 15.1 Å². The van der Waals surface area contributed by atoms with Gasteiger partial charge in [0.15, 0.2) is 0 Å². The minimum absolute atomic E-state index is 0.0220. The second-order valence-electron chi connectivity index (χ2n) is 7.16. The third-order valence-corrected chi connectivity index (χ3v) is 5.61. The number of piperidine rings is 2. The fourth-order valence-corrected chi connectivity index (χ4v) is 4.04. The van der Waals surface area contributed by atoms with Gasteiger partial charge in [-0.05, 0) is 57.2 Å². The van der Waals surface area contributed by atoms with Crippen LogP contribution < -0.4 is 0 Å². The molecule has 5 heteroatoms. The molecular formula is C19H28N2O3. The lowest BCUT2D eigenvalue weighted by Gasteiger charge is -2.42. The number of hydrogen-bond acceptors (Lipinski definition) is 4. The van der Waals surface area contributed by atoms with E-state index in [0.717, 1.165) is 51.9 Å². The molecule has 2 heterocycles. The number of rotatable bonds is 3. The molecule has 24 heavy (non-hydrogen) atoms. The van der Waals surface area contributed by atoms with Crippen LogP contribution in [0.3, 0.4) is 0 Å². The van der Waals surface area contributed by atoms with Crippen LogP contribution in [0.15, 0.2) is 18.2 Å². The molecule has 5 nitrogen and oxygen atoms in total. The molecule has 2 aliphatic heterocycles. The van der Waals surface area contributed by atoms with E-state index in [2.05, 4.69) is 4.90 Å². The highest BCUT2D eigenvalue weighted by molar-refractivity contribution is 5.96. The summed E-state index contributed by atoms with van der Waals surface area (Å²) in [4.78, 5) is 17.1. The molecule has 3 rings (SSSR count). The summed E-state index contributed by atoms with van der Waals surface area (Å²) >= 11 is 0. The average molecular weight is 332 g/mol. The molecular weight excluding hydrogens is 304 g/mol. The SMILES string of the molecule is Cc1c(O)cccc1C(=O)N1CCC(N2CCC[C@H](CO)C2)CC1. The summed E-state index contributed by atoms with van der Waals surface area (Å²) in [5.74, 6) is 0.612. The lowest BCUT2D eigenvalue weighted by Crippen LogP contribution is -2.50. The van der Waals surface area contributed by atoms with Crippen LogP contribution in [0.1, 0.15) is 41.6 Å². The highest BCUT2D eigenvalue weighted by Crippen LogP contribution is 2.26. The van der Waals surface area contributed by atoms with Gasteiger partial charge in [-0.1, -0.05) is 6.07 Å². The van der Waals surface area contributed by atoms with E-state index in [1.165, 1.54) is 0 Å². The number of phenolic OH excluding ortho intramolecular Hbond substituents is 1. The summed E-state index contributed by atoms with van der Waals surface area (Å²) in [5, 5.41) is 19.2. The Morgan fingerprint density at radius 3 is 2.67 bits per heavy atom. The van der Waals surface area contributed by atoms with Crippen molar-refractivity contribution < 1.29 is 15.0 Å². The molecule has 132 valence electrons. The molecule has 2 aliphatic rings. The predicted molar refractivity (Wildman–Crippen MR) is 93.2 cm³/mol. The number of benzene rings is 1. The number of hydrogen-bond donors (Lipinski definition) is 2. The van der Waals surface area contributed by atoms with Crippen LogP contribution in [0.4, 0.5) is 0 Å². The summed E-state index contributed by atoms with van der Waals surface area (Å²) in [6, 6.07) is 5.66. The van der Waals surface area contributed by atoms with Gasteiger partial charge in [-0.3, -0.25) is 9.69 Å². The van der Waals surface area contributed by atoms with E-state index < -0.39 is 0 Å². The largest absolute Gasteiger partial charge is 0.508 e. The van der Waals surface area contributed by atoms with Crippen molar-refractivity contribution in [1.82, 2.24) is 9.80 Å². The smallest absolute Gasteiger partial charge is 0.254 e. The molecule has 2 fully saturated rings. The van der Waals surface area contributed by atoms with Crippen LogP contribution >= 0.6 is 0 Å². The van der Waals surface area contributed by atoms with Gasteiger partial charge in [0.25, 0.3) is 5.91 Å². The van der Waals surface area contributed by atoms with Gasteiger partial charge in [-0.15, -0.1) is 0 Å². The monoisotopic (exact) mass is 332 g/mol. The minimum atomic E-state index is 0.0220. The van der Waals surface area contributed by atoms with Gasteiger partial charge in [0, 0.05) is 43.4 Å². The predicted octanol–water partition coefficient (Wildman–Crippen LogP) is 2.01. The van der Waals surface area contributed by atoms with Gasteiger partial charge in [-0.2, -0.15) is 0 Å². The van der Waals surface area contributed by atoms with Crippen LogP contribution in [-0.2, 0) is 0 Å². The standard InChI is InChI=1S/C19H28N2O3/c1-14-17(5-2-6-18(14)23)19(24)20-10-7-16(8-11-20)21-9-3-4-15(12-21)13-22/h2,5-6,15-16,22-23H,3-4,7-13H2,1H3/t15-/m0/s1. The van der Waals surface area contributed by atoms with E-state index in [-0.39, 0.29) is 18.3 Å². The topological polar surface area (TPSA) is 64.0 Å². The molecule has 1 aromatic carbocycles. The molecule has 2 saturated heterocycles. The highest BCUT2D eigenvalue weighted by Gasteiger charge is 2.30. The number of likely N-dealkylation sites (tertiary alicyclic amines) is 2. The molecule has 1 aromatic rings. The Hall–Kier alpha value is -1.59. The quantitative estimate of drug-likeness (QED) is 0.889. The van der Waals surface area contributed by atoms with Crippen molar-refractivity contribution in [3.05, 3.63) is 29.3 Å². The van der Waals surface area contributed by atoms with Crippen LogP contribution in [0.2, 0.25) is 0 Å². The first kappa shape index (κ1) is 17.2. The lowest BCUT2D eigenvalue weighted by molar-refractivity contribution is 0.0454. The molecule has 0 unspecified atom stereocenters. The normalized spacial score (nSPS) is 23.4. The Kier molecular flexibility index (Phi) is 5.41. The third-order valence-electron chi connectivity index (χ3n) is 5.61. The van der Waals surface area contributed by atoms with E-state index in [4.69, 9.17) is 0 Å². The van der Waals surface area contributed by atoms with Gasteiger partial charge in [-0.25, -0.2) is 0 Å². The Bertz CT molecular complexity index is 582. The maximum absolute atomic E-state index is 12.7. The lowest BCUT2D eigenvalue weighted by atomic mass is 9.94. The van der Waals surface area contributed by atoms with Crippen molar-refractivity contribution in [2.24, 2.45) is 5.92 Å². The van der Waals surface area contributed by atoms with Gasteiger partial charge in [0.05, 0.1) is 0 Å². The van der Waals surface area contributed by atoms with Crippen LogP contribution in [0.25, 0.3) is 0 Å². The number of aliphatic hydroxyl groups excluding tert-OH is 1. The van der Waals surface area contributed by atoms with Gasteiger partial charge >= 0.3 is 0 Å². The molecule has 0 radical (unpaired) electrons.